The first kappa shape index (κ1) is 16.2. The highest BCUT2D eigenvalue weighted by atomic mass is 35.5. The number of hydrogen-bond acceptors (Lipinski definition) is 5. The smallest absolute Gasteiger partial charge is 0.130 e. The van der Waals surface area contributed by atoms with E-state index < -0.39 is 31.0 Å². The third-order valence-electron chi connectivity index (χ3n) is 3.70. The molecule has 8 heteroatoms. The first-order valence-corrected chi connectivity index (χ1v) is 7.63. The Bertz CT molecular complexity index is 727. The summed E-state index contributed by atoms with van der Waals surface area (Å²) in [6.45, 7) is -0.405. The number of benzene rings is 1. The zero-order valence-electron chi connectivity index (χ0n) is 11.1. The largest absolute Gasteiger partial charge is 0.394 e. The van der Waals surface area contributed by atoms with Gasteiger partial charge in [-0.3, -0.25) is 0 Å². The van der Waals surface area contributed by atoms with Gasteiger partial charge in [0.2, 0.25) is 0 Å². The minimum absolute atomic E-state index is 0.193. The Labute approximate surface area is 141 Å². The van der Waals surface area contributed by atoms with Gasteiger partial charge in [0.05, 0.1) is 22.2 Å². The van der Waals surface area contributed by atoms with Crippen molar-refractivity contribution in [2.24, 2.45) is 0 Å². The molecule has 1 aromatic carbocycles. The SMILES string of the molecule is OC[C@H]1O[C@@H](c2cc(Cl)nc3cc(Cl)c(Cl)cc23)C(O)C1O. The van der Waals surface area contributed by atoms with Gasteiger partial charge in [0.15, 0.2) is 0 Å². The lowest BCUT2D eigenvalue weighted by Crippen LogP contribution is -2.32. The van der Waals surface area contributed by atoms with Gasteiger partial charge in [-0.1, -0.05) is 34.8 Å². The predicted molar refractivity (Wildman–Crippen MR) is 83.5 cm³/mol. The van der Waals surface area contributed by atoms with E-state index in [-0.39, 0.29) is 5.15 Å². The fraction of sp³-hybridized carbons (Fsp3) is 0.357. The normalized spacial score (nSPS) is 28.5. The molecule has 2 aromatic rings. The number of aliphatic hydroxyl groups excluding tert-OH is 3. The summed E-state index contributed by atoms with van der Waals surface area (Å²) in [5.74, 6) is 0. The van der Waals surface area contributed by atoms with E-state index >= 15 is 0 Å². The van der Waals surface area contributed by atoms with Crippen molar-refractivity contribution in [3.63, 3.8) is 0 Å². The predicted octanol–water partition coefficient (Wildman–Crippen LogP) is 2.35. The third-order valence-corrected chi connectivity index (χ3v) is 4.62. The van der Waals surface area contributed by atoms with Gasteiger partial charge in [-0.15, -0.1) is 0 Å². The molecule has 0 amide bonds. The first-order chi connectivity index (χ1) is 10.4. The standard InChI is InChI=1S/C14H12Cl3NO4/c15-7-1-5-6(2-11(17)18-9(5)3-8(7)16)14-13(21)12(20)10(4-19)22-14/h1-3,10,12-14,19-21H,4H2/t10-,12?,13?,14+/m1/s1. The average molecular weight is 365 g/mol. The Balaban J connectivity index is 2.16. The van der Waals surface area contributed by atoms with E-state index in [0.717, 1.165) is 0 Å². The molecular weight excluding hydrogens is 353 g/mol. The van der Waals surface area contributed by atoms with Gasteiger partial charge in [0.1, 0.15) is 29.6 Å². The van der Waals surface area contributed by atoms with Gasteiger partial charge < -0.3 is 20.1 Å². The van der Waals surface area contributed by atoms with Crippen molar-refractivity contribution in [2.45, 2.75) is 24.4 Å². The van der Waals surface area contributed by atoms with Crippen molar-refractivity contribution in [2.75, 3.05) is 6.61 Å². The summed E-state index contributed by atoms with van der Waals surface area (Å²) in [4.78, 5) is 4.17. The molecule has 1 aromatic heterocycles. The second-order valence-corrected chi connectivity index (χ2v) is 6.28. The molecule has 3 rings (SSSR count). The Morgan fingerprint density at radius 2 is 1.73 bits per heavy atom. The lowest BCUT2D eigenvalue weighted by molar-refractivity contribution is -0.0223. The van der Waals surface area contributed by atoms with E-state index in [1.54, 1.807) is 12.1 Å². The van der Waals surface area contributed by atoms with Crippen LogP contribution in [0.15, 0.2) is 18.2 Å². The molecular formula is C14H12Cl3NO4. The molecule has 1 aliphatic heterocycles. The van der Waals surface area contributed by atoms with Gasteiger partial charge in [0, 0.05) is 5.39 Å². The number of nitrogens with zero attached hydrogens (tertiary/aromatic N) is 1. The summed E-state index contributed by atoms with van der Waals surface area (Å²) in [7, 11) is 0. The molecule has 0 radical (unpaired) electrons. The topological polar surface area (TPSA) is 82.8 Å². The van der Waals surface area contributed by atoms with Crippen LogP contribution in [0.5, 0.6) is 0 Å². The number of rotatable bonds is 2. The summed E-state index contributed by atoms with van der Waals surface area (Å²) in [5.41, 5.74) is 1.02. The third kappa shape index (κ3) is 2.67. The van der Waals surface area contributed by atoms with E-state index in [2.05, 4.69) is 4.98 Å². The number of aliphatic hydroxyl groups is 3. The van der Waals surface area contributed by atoms with Crippen molar-refractivity contribution in [3.8, 4) is 0 Å². The molecule has 1 fully saturated rings. The molecule has 0 spiro atoms. The van der Waals surface area contributed by atoms with Crippen molar-refractivity contribution >= 4 is 45.7 Å². The highest BCUT2D eigenvalue weighted by molar-refractivity contribution is 6.42. The molecule has 5 nitrogen and oxygen atoms in total. The summed E-state index contributed by atoms with van der Waals surface area (Å²) >= 11 is 18.0. The number of pyridine rings is 1. The van der Waals surface area contributed by atoms with Crippen LogP contribution < -0.4 is 0 Å². The van der Waals surface area contributed by atoms with E-state index in [1.165, 1.54) is 6.07 Å². The van der Waals surface area contributed by atoms with Crippen LogP contribution in [0, 0.1) is 0 Å². The maximum atomic E-state index is 10.2. The molecule has 22 heavy (non-hydrogen) atoms. The Hall–Kier alpha value is -0.660. The molecule has 3 N–H and O–H groups in total. The lowest BCUT2D eigenvalue weighted by Gasteiger charge is -2.18. The van der Waals surface area contributed by atoms with Crippen LogP contribution in [-0.4, -0.2) is 45.2 Å². The molecule has 4 atom stereocenters. The van der Waals surface area contributed by atoms with Gasteiger partial charge in [-0.2, -0.15) is 0 Å². The second kappa shape index (κ2) is 6.09. The number of halogens is 3. The van der Waals surface area contributed by atoms with Crippen molar-refractivity contribution < 1.29 is 20.1 Å². The van der Waals surface area contributed by atoms with Crippen LogP contribution in [0.25, 0.3) is 10.9 Å². The van der Waals surface area contributed by atoms with Crippen molar-refractivity contribution in [1.82, 2.24) is 4.98 Å². The van der Waals surface area contributed by atoms with Gasteiger partial charge in [-0.25, -0.2) is 4.98 Å². The Kier molecular flexibility index (Phi) is 4.49. The highest BCUT2D eigenvalue weighted by Gasteiger charge is 2.43. The van der Waals surface area contributed by atoms with Crippen LogP contribution >= 0.6 is 34.8 Å². The molecule has 0 bridgehead atoms. The zero-order valence-corrected chi connectivity index (χ0v) is 13.3. The first-order valence-electron chi connectivity index (χ1n) is 6.50. The molecule has 0 aliphatic carbocycles. The highest BCUT2D eigenvalue weighted by Crippen LogP contribution is 2.39. The van der Waals surface area contributed by atoms with Gasteiger partial charge in [-0.05, 0) is 23.8 Å². The van der Waals surface area contributed by atoms with Crippen LogP contribution in [-0.2, 0) is 4.74 Å². The average Bonchev–Trinajstić information content (AvgIpc) is 2.76. The molecule has 2 heterocycles. The number of fused-ring (bicyclic) bond motifs is 1. The second-order valence-electron chi connectivity index (χ2n) is 5.08. The number of aromatic nitrogens is 1. The van der Waals surface area contributed by atoms with Crippen LogP contribution in [0.4, 0.5) is 0 Å². The Morgan fingerprint density at radius 1 is 1.05 bits per heavy atom. The summed E-state index contributed by atoms with van der Waals surface area (Å²) in [5, 5.41) is 30.7. The summed E-state index contributed by atoms with van der Waals surface area (Å²) < 4.78 is 5.54. The number of ether oxygens (including phenoxy) is 1. The van der Waals surface area contributed by atoms with Crippen molar-refractivity contribution in [3.05, 3.63) is 39.0 Å². The van der Waals surface area contributed by atoms with Crippen LogP contribution in [0.3, 0.4) is 0 Å². The van der Waals surface area contributed by atoms with E-state index in [9.17, 15) is 15.3 Å². The van der Waals surface area contributed by atoms with Crippen LogP contribution in [0.2, 0.25) is 15.2 Å². The molecule has 2 unspecified atom stereocenters. The maximum Gasteiger partial charge on any atom is 0.130 e. The molecule has 0 saturated carbocycles. The lowest BCUT2D eigenvalue weighted by atomic mass is 9.98. The molecule has 1 aliphatic rings. The quantitative estimate of drug-likeness (QED) is 0.713. The fourth-order valence-corrected chi connectivity index (χ4v) is 3.14. The van der Waals surface area contributed by atoms with E-state index in [0.29, 0.717) is 26.5 Å². The summed E-state index contributed by atoms with van der Waals surface area (Å²) in [6, 6.07) is 4.71. The monoisotopic (exact) mass is 363 g/mol. The van der Waals surface area contributed by atoms with E-state index in [4.69, 9.17) is 39.5 Å². The van der Waals surface area contributed by atoms with Crippen LogP contribution in [0.1, 0.15) is 11.7 Å². The zero-order chi connectivity index (χ0) is 16.0. The van der Waals surface area contributed by atoms with E-state index in [1.807, 2.05) is 0 Å². The van der Waals surface area contributed by atoms with Gasteiger partial charge in [0.25, 0.3) is 0 Å². The minimum atomic E-state index is -1.20. The van der Waals surface area contributed by atoms with Gasteiger partial charge >= 0.3 is 0 Å². The fourth-order valence-electron chi connectivity index (χ4n) is 2.61. The summed E-state index contributed by atoms with van der Waals surface area (Å²) in [6.07, 6.45) is -4.12. The Morgan fingerprint density at radius 3 is 2.36 bits per heavy atom. The number of hydrogen-bond donors (Lipinski definition) is 3. The maximum absolute atomic E-state index is 10.2. The molecule has 118 valence electrons. The van der Waals surface area contributed by atoms with Crippen molar-refractivity contribution in [1.29, 1.82) is 0 Å². The minimum Gasteiger partial charge on any atom is -0.394 e. The molecule has 1 saturated heterocycles.